The van der Waals surface area contributed by atoms with Crippen molar-refractivity contribution in [1.29, 1.82) is 0 Å². The number of anilines is 4. The Morgan fingerprint density at radius 2 is 2.00 bits per heavy atom. The molecule has 3 heterocycles. The van der Waals surface area contributed by atoms with Crippen LogP contribution in [0.25, 0.3) is 0 Å². The van der Waals surface area contributed by atoms with Gasteiger partial charge in [0, 0.05) is 29.7 Å². The van der Waals surface area contributed by atoms with Gasteiger partial charge in [0.15, 0.2) is 11.6 Å². The predicted octanol–water partition coefficient (Wildman–Crippen LogP) is 6.42. The van der Waals surface area contributed by atoms with Crippen LogP contribution in [0.2, 0.25) is 5.02 Å². The Kier molecular flexibility index (Phi) is 7.18. The molecular weight excluding hydrogens is 434 g/mol. The van der Waals surface area contributed by atoms with Crippen molar-refractivity contribution >= 4 is 34.9 Å². The summed E-state index contributed by atoms with van der Waals surface area (Å²) in [5, 5.41) is 17.6. The lowest BCUT2D eigenvalue weighted by molar-refractivity contribution is 0.512. The number of halogens is 1. The number of unbranched alkanes of at least 4 members (excludes halogenated alkanes) is 1. The first-order valence-corrected chi connectivity index (χ1v) is 11.9. The van der Waals surface area contributed by atoms with E-state index in [0.29, 0.717) is 28.5 Å². The van der Waals surface area contributed by atoms with Crippen molar-refractivity contribution < 1.29 is 0 Å². The van der Waals surface area contributed by atoms with E-state index in [1.807, 2.05) is 13.0 Å². The summed E-state index contributed by atoms with van der Waals surface area (Å²) in [5.41, 5.74) is 7.21. The second kappa shape index (κ2) is 10.3. The molecule has 0 radical (unpaired) electrons. The number of rotatable bonds is 7. The zero-order chi connectivity index (χ0) is 23.4. The molecule has 1 atom stereocenters. The van der Waals surface area contributed by atoms with Crippen molar-refractivity contribution in [2.75, 3.05) is 17.2 Å². The summed E-state index contributed by atoms with van der Waals surface area (Å²) in [6.07, 6.45) is 8.49. The Labute approximate surface area is 200 Å². The number of allylic oxidation sites excluding steroid dienone is 2. The number of hydrogen-bond acceptors (Lipinski definition) is 6. The third kappa shape index (κ3) is 5.66. The van der Waals surface area contributed by atoms with Crippen molar-refractivity contribution in [2.45, 2.75) is 59.3 Å². The van der Waals surface area contributed by atoms with E-state index in [2.05, 4.69) is 75.1 Å². The highest BCUT2D eigenvalue weighted by molar-refractivity contribution is 6.32. The fourth-order valence-electron chi connectivity index (χ4n) is 4.24. The molecule has 8 heteroatoms. The summed E-state index contributed by atoms with van der Waals surface area (Å²) in [4.78, 5) is 8.92. The van der Waals surface area contributed by atoms with Crippen LogP contribution < -0.4 is 16.0 Å². The van der Waals surface area contributed by atoms with Crippen LogP contribution in [0.15, 0.2) is 36.2 Å². The van der Waals surface area contributed by atoms with Crippen LogP contribution >= 0.6 is 11.6 Å². The van der Waals surface area contributed by atoms with Crippen LogP contribution in [0.1, 0.15) is 60.9 Å². The van der Waals surface area contributed by atoms with Crippen molar-refractivity contribution in [3.8, 4) is 0 Å². The Balaban J connectivity index is 1.52. The number of piperidine rings is 1. The highest BCUT2D eigenvalue weighted by atomic mass is 35.5. The minimum atomic E-state index is 0.433. The predicted molar refractivity (Wildman–Crippen MR) is 136 cm³/mol. The van der Waals surface area contributed by atoms with Crippen LogP contribution in [0.4, 0.5) is 23.3 Å². The van der Waals surface area contributed by atoms with Crippen LogP contribution in [-0.4, -0.2) is 26.7 Å². The lowest BCUT2D eigenvalue weighted by atomic mass is 9.84. The maximum atomic E-state index is 6.30. The summed E-state index contributed by atoms with van der Waals surface area (Å²) in [7, 11) is 0. The summed E-state index contributed by atoms with van der Waals surface area (Å²) in [6, 6.07) is 6.40. The number of benzene rings is 1. The number of aromatic nitrogens is 4. The molecule has 2 aromatic heterocycles. The van der Waals surface area contributed by atoms with E-state index < -0.39 is 0 Å². The van der Waals surface area contributed by atoms with Gasteiger partial charge in [0.05, 0.1) is 6.20 Å². The van der Waals surface area contributed by atoms with Crippen LogP contribution in [-0.2, 0) is 0 Å². The van der Waals surface area contributed by atoms with E-state index in [1.54, 1.807) is 6.20 Å². The van der Waals surface area contributed by atoms with Gasteiger partial charge in [-0.2, -0.15) is 10.1 Å². The Morgan fingerprint density at radius 3 is 2.76 bits per heavy atom. The summed E-state index contributed by atoms with van der Waals surface area (Å²) in [5.74, 6) is 2.19. The van der Waals surface area contributed by atoms with Crippen molar-refractivity contribution in [3.63, 3.8) is 0 Å². The molecular formula is C25H32ClN7. The molecule has 0 amide bonds. The smallest absolute Gasteiger partial charge is 0.229 e. The average molecular weight is 466 g/mol. The molecule has 0 spiro atoms. The lowest BCUT2D eigenvalue weighted by Crippen LogP contribution is -2.25. The molecule has 1 saturated heterocycles. The molecule has 3 aromatic rings. The summed E-state index contributed by atoms with van der Waals surface area (Å²) >= 11 is 6.30. The normalized spacial score (nSPS) is 17.1. The maximum absolute atomic E-state index is 6.30. The molecule has 1 fully saturated rings. The molecule has 0 aliphatic carbocycles. The molecule has 4 N–H and O–H groups in total. The quantitative estimate of drug-likeness (QED) is 0.322. The summed E-state index contributed by atoms with van der Waals surface area (Å²) in [6.45, 7) is 9.50. The van der Waals surface area contributed by atoms with Gasteiger partial charge >= 0.3 is 0 Å². The first-order valence-electron chi connectivity index (χ1n) is 11.6. The molecule has 7 nitrogen and oxygen atoms in total. The Hall–Kier alpha value is -3.06. The number of H-pyrrole nitrogens is 1. The standard InChI is InChI=1S/C25H32ClN7/c1-5-6-7-19-13-18(8-9-27-19)20-10-16(3)22(11-15(20)2)29-25-28-14-21(26)24(31-25)30-23-12-17(4)32-33-23/h7,10-12,14,18,27H,5-6,8-9,13H2,1-4H3,(H3,28,29,30,31,32,33)/b19-7+. The number of hydrogen-bond donors (Lipinski definition) is 4. The van der Waals surface area contributed by atoms with Gasteiger partial charge in [0.25, 0.3) is 0 Å². The molecule has 1 aliphatic heterocycles. The van der Waals surface area contributed by atoms with Gasteiger partial charge in [-0.15, -0.1) is 0 Å². The first kappa shape index (κ1) is 23.1. The minimum absolute atomic E-state index is 0.433. The molecule has 174 valence electrons. The Morgan fingerprint density at radius 1 is 1.15 bits per heavy atom. The monoisotopic (exact) mass is 465 g/mol. The molecule has 1 unspecified atom stereocenters. The van der Waals surface area contributed by atoms with E-state index in [0.717, 1.165) is 37.2 Å². The minimum Gasteiger partial charge on any atom is -0.389 e. The third-order valence-corrected chi connectivity index (χ3v) is 6.26. The van der Waals surface area contributed by atoms with Crippen molar-refractivity contribution in [3.05, 3.63) is 63.6 Å². The van der Waals surface area contributed by atoms with E-state index in [4.69, 9.17) is 11.6 Å². The van der Waals surface area contributed by atoms with Gasteiger partial charge in [-0.25, -0.2) is 4.98 Å². The van der Waals surface area contributed by atoms with Gasteiger partial charge in [0.2, 0.25) is 5.95 Å². The zero-order valence-electron chi connectivity index (χ0n) is 19.7. The highest BCUT2D eigenvalue weighted by Gasteiger charge is 2.21. The summed E-state index contributed by atoms with van der Waals surface area (Å²) < 4.78 is 0. The van der Waals surface area contributed by atoms with Crippen LogP contribution in [0.5, 0.6) is 0 Å². The Bertz CT molecular complexity index is 1150. The van der Waals surface area contributed by atoms with Gasteiger partial charge in [-0.3, -0.25) is 5.10 Å². The van der Waals surface area contributed by atoms with E-state index in [-0.39, 0.29) is 0 Å². The zero-order valence-corrected chi connectivity index (χ0v) is 20.5. The van der Waals surface area contributed by atoms with E-state index >= 15 is 0 Å². The molecule has 1 aliphatic rings. The van der Waals surface area contributed by atoms with Gasteiger partial charge in [-0.05, 0) is 68.7 Å². The molecule has 4 rings (SSSR count). The second-order valence-corrected chi connectivity index (χ2v) is 9.14. The van der Waals surface area contributed by atoms with Crippen molar-refractivity contribution in [1.82, 2.24) is 25.5 Å². The third-order valence-electron chi connectivity index (χ3n) is 5.99. The van der Waals surface area contributed by atoms with Gasteiger partial charge in [0.1, 0.15) is 5.02 Å². The fraction of sp³-hybridized carbons (Fsp3) is 0.400. The molecule has 33 heavy (non-hydrogen) atoms. The van der Waals surface area contributed by atoms with Gasteiger partial charge in [-0.1, -0.05) is 37.1 Å². The van der Waals surface area contributed by atoms with Crippen molar-refractivity contribution in [2.24, 2.45) is 0 Å². The van der Waals surface area contributed by atoms with Crippen LogP contribution in [0, 0.1) is 20.8 Å². The highest BCUT2D eigenvalue weighted by Crippen LogP contribution is 2.35. The van der Waals surface area contributed by atoms with E-state index in [9.17, 15) is 0 Å². The number of nitrogens with one attached hydrogen (secondary N) is 4. The largest absolute Gasteiger partial charge is 0.389 e. The fourth-order valence-corrected chi connectivity index (χ4v) is 4.38. The molecule has 0 saturated carbocycles. The average Bonchev–Trinajstić information content (AvgIpc) is 3.21. The first-order chi connectivity index (χ1) is 15.9. The number of aromatic amines is 1. The number of nitrogens with zero attached hydrogens (tertiary/aromatic N) is 3. The molecule has 0 bridgehead atoms. The molecule has 1 aromatic carbocycles. The second-order valence-electron chi connectivity index (χ2n) is 8.73. The van der Waals surface area contributed by atoms with Crippen LogP contribution in [0.3, 0.4) is 0 Å². The van der Waals surface area contributed by atoms with Gasteiger partial charge < -0.3 is 16.0 Å². The topological polar surface area (TPSA) is 90.5 Å². The maximum Gasteiger partial charge on any atom is 0.229 e. The SMILES string of the molecule is CCC/C=C1\CC(c2cc(C)c(Nc3ncc(Cl)c(Nc4cc(C)[nH]n4)n3)cc2C)CCN1. The number of aryl methyl sites for hydroxylation is 3. The lowest BCUT2D eigenvalue weighted by Gasteiger charge is -2.28. The van der Waals surface area contributed by atoms with E-state index in [1.165, 1.54) is 28.8 Å².